The number of amides is 1. The van der Waals surface area contributed by atoms with Gasteiger partial charge in [0.05, 0.1) is 5.41 Å². The third-order valence-electron chi connectivity index (χ3n) is 4.43. The van der Waals surface area contributed by atoms with Crippen molar-refractivity contribution in [2.24, 2.45) is 5.41 Å². The maximum Gasteiger partial charge on any atom is 0.310 e. The van der Waals surface area contributed by atoms with Crippen LogP contribution in [0.4, 0.5) is 5.69 Å². The number of nitrogens with one attached hydrogen (secondary N) is 1. The fourth-order valence-electron chi connectivity index (χ4n) is 3.28. The van der Waals surface area contributed by atoms with Gasteiger partial charge < -0.3 is 10.4 Å². The molecule has 0 spiro atoms. The highest BCUT2D eigenvalue weighted by Gasteiger charge is 2.45. The molecule has 1 aliphatic carbocycles. The number of aliphatic carboxylic acids is 1. The summed E-state index contributed by atoms with van der Waals surface area (Å²) in [5.41, 5.74) is 2.75. The molecular formula is C19H19NO3. The quantitative estimate of drug-likeness (QED) is 0.911. The third-order valence-corrected chi connectivity index (χ3v) is 4.43. The number of fused-ring (bicyclic) bond motifs is 1. The molecule has 2 N–H and O–H groups in total. The standard InChI is InChI=1S/C19H19NO3/c1-13-5-4-8-16(9-13)20-17(21)12-19(18(22)23)10-14-6-2-3-7-15(14)11-19/h2-9H,10-12H2,1H3,(H,20,21)(H,22,23). The zero-order chi connectivity index (χ0) is 16.4. The molecule has 0 aromatic heterocycles. The fraction of sp³-hybridized carbons (Fsp3) is 0.263. The van der Waals surface area contributed by atoms with E-state index in [9.17, 15) is 14.7 Å². The highest BCUT2D eigenvalue weighted by atomic mass is 16.4. The number of carboxylic acids is 1. The van der Waals surface area contributed by atoms with Crippen LogP contribution < -0.4 is 5.32 Å². The van der Waals surface area contributed by atoms with Crippen molar-refractivity contribution in [1.29, 1.82) is 0 Å². The molecule has 0 bridgehead atoms. The van der Waals surface area contributed by atoms with Crippen LogP contribution in [0.5, 0.6) is 0 Å². The van der Waals surface area contributed by atoms with E-state index in [0.717, 1.165) is 16.7 Å². The van der Waals surface area contributed by atoms with Gasteiger partial charge in [-0.2, -0.15) is 0 Å². The second kappa shape index (κ2) is 5.88. The number of hydrogen-bond donors (Lipinski definition) is 2. The van der Waals surface area contributed by atoms with Crippen LogP contribution in [0.3, 0.4) is 0 Å². The molecule has 1 aliphatic rings. The number of hydrogen-bond acceptors (Lipinski definition) is 2. The lowest BCUT2D eigenvalue weighted by Crippen LogP contribution is -2.36. The predicted molar refractivity (Wildman–Crippen MR) is 88.3 cm³/mol. The van der Waals surface area contributed by atoms with E-state index in [-0.39, 0.29) is 12.3 Å². The first-order chi connectivity index (χ1) is 11.0. The summed E-state index contributed by atoms with van der Waals surface area (Å²) in [6, 6.07) is 15.2. The first-order valence-corrected chi connectivity index (χ1v) is 7.65. The molecule has 3 rings (SSSR count). The average molecular weight is 309 g/mol. The topological polar surface area (TPSA) is 66.4 Å². The van der Waals surface area contributed by atoms with Crippen LogP contribution in [0.15, 0.2) is 48.5 Å². The smallest absolute Gasteiger partial charge is 0.310 e. The molecule has 0 aliphatic heterocycles. The largest absolute Gasteiger partial charge is 0.481 e. The molecule has 118 valence electrons. The van der Waals surface area contributed by atoms with Gasteiger partial charge in [0.25, 0.3) is 0 Å². The average Bonchev–Trinajstić information content (AvgIpc) is 2.86. The molecule has 1 amide bonds. The third kappa shape index (κ3) is 3.11. The van der Waals surface area contributed by atoms with Crippen LogP contribution in [-0.2, 0) is 22.4 Å². The summed E-state index contributed by atoms with van der Waals surface area (Å²) >= 11 is 0. The van der Waals surface area contributed by atoms with Crippen molar-refractivity contribution >= 4 is 17.6 Å². The summed E-state index contributed by atoms with van der Waals surface area (Å²) in [4.78, 5) is 24.2. The van der Waals surface area contributed by atoms with Gasteiger partial charge in [0, 0.05) is 12.1 Å². The van der Waals surface area contributed by atoms with Crippen LogP contribution in [-0.4, -0.2) is 17.0 Å². The number of anilines is 1. The molecule has 4 nitrogen and oxygen atoms in total. The summed E-state index contributed by atoms with van der Waals surface area (Å²) < 4.78 is 0. The minimum atomic E-state index is -1.04. The minimum absolute atomic E-state index is 0.0229. The Balaban J connectivity index is 1.77. The van der Waals surface area contributed by atoms with Gasteiger partial charge in [-0.1, -0.05) is 36.4 Å². The zero-order valence-electron chi connectivity index (χ0n) is 13.0. The van der Waals surface area contributed by atoms with E-state index in [1.807, 2.05) is 55.5 Å². The number of benzene rings is 2. The molecule has 0 radical (unpaired) electrons. The molecule has 0 fully saturated rings. The van der Waals surface area contributed by atoms with Crippen molar-refractivity contribution in [2.45, 2.75) is 26.2 Å². The second-order valence-corrected chi connectivity index (χ2v) is 6.30. The van der Waals surface area contributed by atoms with Gasteiger partial charge >= 0.3 is 5.97 Å². The first-order valence-electron chi connectivity index (χ1n) is 7.65. The van der Waals surface area contributed by atoms with Crippen LogP contribution in [0.25, 0.3) is 0 Å². The number of rotatable bonds is 4. The fourth-order valence-corrected chi connectivity index (χ4v) is 3.28. The molecule has 0 unspecified atom stereocenters. The number of carboxylic acid groups (broad SMARTS) is 1. The Morgan fingerprint density at radius 1 is 1.09 bits per heavy atom. The molecule has 0 heterocycles. The molecular weight excluding hydrogens is 290 g/mol. The number of aryl methyl sites for hydroxylation is 1. The molecule has 2 aromatic carbocycles. The van der Waals surface area contributed by atoms with Gasteiger partial charge in [0.15, 0.2) is 0 Å². The number of carbonyl (C=O) groups is 2. The van der Waals surface area contributed by atoms with Crippen molar-refractivity contribution in [3.05, 3.63) is 65.2 Å². The molecule has 23 heavy (non-hydrogen) atoms. The highest BCUT2D eigenvalue weighted by molar-refractivity contribution is 5.94. The van der Waals surface area contributed by atoms with Crippen molar-refractivity contribution in [3.8, 4) is 0 Å². The van der Waals surface area contributed by atoms with E-state index in [4.69, 9.17) is 0 Å². The van der Waals surface area contributed by atoms with E-state index >= 15 is 0 Å². The van der Waals surface area contributed by atoms with Crippen LogP contribution in [0.1, 0.15) is 23.1 Å². The summed E-state index contributed by atoms with van der Waals surface area (Å²) in [6.07, 6.45) is 0.782. The molecule has 0 atom stereocenters. The van der Waals surface area contributed by atoms with Crippen molar-refractivity contribution in [1.82, 2.24) is 0 Å². The maximum atomic E-state index is 12.4. The van der Waals surface area contributed by atoms with Gasteiger partial charge in [-0.3, -0.25) is 9.59 Å². The van der Waals surface area contributed by atoms with E-state index < -0.39 is 11.4 Å². The van der Waals surface area contributed by atoms with E-state index in [2.05, 4.69) is 5.32 Å². The van der Waals surface area contributed by atoms with Crippen LogP contribution in [0, 0.1) is 12.3 Å². The summed E-state index contributed by atoms with van der Waals surface area (Å²) in [7, 11) is 0. The SMILES string of the molecule is Cc1cccc(NC(=O)CC2(C(=O)O)Cc3ccccc3C2)c1. The Morgan fingerprint density at radius 3 is 2.30 bits per heavy atom. The van der Waals surface area contributed by atoms with Crippen molar-refractivity contribution < 1.29 is 14.7 Å². The lowest BCUT2D eigenvalue weighted by Gasteiger charge is -2.23. The first kappa shape index (κ1) is 15.3. The van der Waals surface area contributed by atoms with Gasteiger partial charge in [-0.15, -0.1) is 0 Å². The Kier molecular flexibility index (Phi) is 3.90. The van der Waals surface area contributed by atoms with Crippen molar-refractivity contribution in [3.63, 3.8) is 0 Å². The summed E-state index contributed by atoms with van der Waals surface area (Å²) in [6.45, 7) is 1.95. The Morgan fingerprint density at radius 2 is 1.74 bits per heavy atom. The van der Waals surface area contributed by atoms with Gasteiger partial charge in [-0.25, -0.2) is 0 Å². The van der Waals surface area contributed by atoms with E-state index in [0.29, 0.717) is 18.5 Å². The molecule has 0 saturated heterocycles. The molecule has 2 aromatic rings. The van der Waals surface area contributed by atoms with Gasteiger partial charge in [-0.05, 0) is 48.6 Å². The summed E-state index contributed by atoms with van der Waals surface area (Å²) in [5, 5.41) is 12.5. The van der Waals surface area contributed by atoms with Crippen LogP contribution in [0.2, 0.25) is 0 Å². The Bertz CT molecular complexity index is 742. The second-order valence-electron chi connectivity index (χ2n) is 6.30. The number of carbonyl (C=O) groups excluding carboxylic acids is 1. The van der Waals surface area contributed by atoms with Gasteiger partial charge in [0.2, 0.25) is 5.91 Å². The highest BCUT2D eigenvalue weighted by Crippen LogP contribution is 2.40. The van der Waals surface area contributed by atoms with Crippen LogP contribution >= 0.6 is 0 Å². The monoisotopic (exact) mass is 309 g/mol. The van der Waals surface area contributed by atoms with E-state index in [1.165, 1.54) is 0 Å². The Labute approximate surface area is 135 Å². The van der Waals surface area contributed by atoms with Gasteiger partial charge in [0.1, 0.15) is 0 Å². The Hall–Kier alpha value is -2.62. The van der Waals surface area contributed by atoms with Crippen molar-refractivity contribution in [2.75, 3.05) is 5.32 Å². The predicted octanol–water partition coefficient (Wildman–Crippen LogP) is 3.19. The minimum Gasteiger partial charge on any atom is -0.481 e. The zero-order valence-corrected chi connectivity index (χ0v) is 13.0. The lowest BCUT2D eigenvalue weighted by molar-refractivity contribution is -0.150. The lowest BCUT2D eigenvalue weighted by atomic mass is 9.81. The maximum absolute atomic E-state index is 12.4. The molecule has 0 saturated carbocycles. The summed E-state index contributed by atoms with van der Waals surface area (Å²) in [5.74, 6) is -1.17. The van der Waals surface area contributed by atoms with E-state index in [1.54, 1.807) is 0 Å². The normalized spacial score (nSPS) is 15.0. The molecule has 4 heteroatoms.